The Morgan fingerprint density at radius 2 is 1.74 bits per heavy atom. The summed E-state index contributed by atoms with van der Waals surface area (Å²) in [5.74, 6) is -0.0863. The summed E-state index contributed by atoms with van der Waals surface area (Å²) in [4.78, 5) is 11.9. The monoisotopic (exact) mass is 315 g/mol. The lowest BCUT2D eigenvalue weighted by atomic mass is 10.1. The Hall–Kier alpha value is -1.87. The van der Waals surface area contributed by atoms with Gasteiger partial charge in [0.1, 0.15) is 0 Å². The number of benzene rings is 2. The molecule has 1 amide bonds. The lowest BCUT2D eigenvalue weighted by Gasteiger charge is -2.08. The molecule has 0 aliphatic rings. The van der Waals surface area contributed by atoms with Crippen LogP contribution >= 0.6 is 15.9 Å². The van der Waals surface area contributed by atoms with E-state index in [4.69, 9.17) is 0 Å². The minimum Gasteiger partial charge on any atom is -0.348 e. The maximum absolute atomic E-state index is 11.9. The van der Waals surface area contributed by atoms with Crippen LogP contribution in [0.15, 0.2) is 65.6 Å². The Kier molecular flexibility index (Phi) is 4.53. The maximum Gasteiger partial charge on any atom is 0.251 e. The summed E-state index contributed by atoms with van der Waals surface area (Å²) in [7, 11) is 0. The molecule has 0 radical (unpaired) electrons. The van der Waals surface area contributed by atoms with Gasteiger partial charge in [-0.05, 0) is 35.4 Å². The van der Waals surface area contributed by atoms with Crippen LogP contribution in [-0.2, 0) is 0 Å². The first-order chi connectivity index (χ1) is 9.16. The predicted octanol–water partition coefficient (Wildman–Crippen LogP) is 3.89. The van der Waals surface area contributed by atoms with E-state index >= 15 is 0 Å². The van der Waals surface area contributed by atoms with Gasteiger partial charge in [0, 0.05) is 16.6 Å². The van der Waals surface area contributed by atoms with Crippen molar-refractivity contribution in [2.45, 2.75) is 0 Å². The van der Waals surface area contributed by atoms with Gasteiger partial charge in [0.25, 0.3) is 5.91 Å². The van der Waals surface area contributed by atoms with Crippen molar-refractivity contribution in [1.29, 1.82) is 0 Å². The van der Waals surface area contributed by atoms with Gasteiger partial charge >= 0.3 is 0 Å². The van der Waals surface area contributed by atoms with Gasteiger partial charge in [-0.3, -0.25) is 4.79 Å². The first-order valence-corrected chi connectivity index (χ1v) is 6.73. The molecule has 0 atom stereocenters. The molecular formula is C16H14BrNO. The Balaban J connectivity index is 1.96. The summed E-state index contributed by atoms with van der Waals surface area (Å²) in [6, 6.07) is 17.0. The molecule has 1 N–H and O–H groups in total. The van der Waals surface area contributed by atoms with Crippen molar-refractivity contribution in [3.05, 3.63) is 76.8 Å². The van der Waals surface area contributed by atoms with Crippen LogP contribution in [0.4, 0.5) is 0 Å². The van der Waals surface area contributed by atoms with Crippen LogP contribution in [-0.4, -0.2) is 12.5 Å². The minimum atomic E-state index is -0.0863. The smallest absolute Gasteiger partial charge is 0.251 e. The average Bonchev–Trinajstić information content (AvgIpc) is 2.45. The van der Waals surface area contributed by atoms with Crippen molar-refractivity contribution in [1.82, 2.24) is 5.32 Å². The lowest BCUT2D eigenvalue weighted by molar-refractivity contribution is 0.0958. The molecule has 0 saturated carbocycles. The first kappa shape index (κ1) is 13.6. The van der Waals surface area contributed by atoms with Crippen molar-refractivity contribution >= 4 is 27.4 Å². The SMILES string of the molecule is C=C(CNC(=O)c1ccccc1)c1cccc(Br)c1. The highest BCUT2D eigenvalue weighted by molar-refractivity contribution is 9.10. The maximum atomic E-state index is 11.9. The van der Waals surface area contributed by atoms with Crippen molar-refractivity contribution in [3.63, 3.8) is 0 Å². The Morgan fingerprint density at radius 3 is 2.42 bits per heavy atom. The Morgan fingerprint density at radius 1 is 1.05 bits per heavy atom. The molecule has 0 unspecified atom stereocenters. The zero-order chi connectivity index (χ0) is 13.7. The summed E-state index contributed by atoms with van der Waals surface area (Å²) in [6.07, 6.45) is 0. The minimum absolute atomic E-state index is 0.0863. The summed E-state index contributed by atoms with van der Waals surface area (Å²) in [5, 5.41) is 2.86. The molecule has 2 rings (SSSR count). The highest BCUT2D eigenvalue weighted by atomic mass is 79.9. The number of nitrogens with one attached hydrogen (secondary N) is 1. The van der Waals surface area contributed by atoms with Crippen LogP contribution < -0.4 is 5.32 Å². The van der Waals surface area contributed by atoms with Crippen molar-refractivity contribution in [2.75, 3.05) is 6.54 Å². The zero-order valence-electron chi connectivity index (χ0n) is 10.4. The van der Waals surface area contributed by atoms with Gasteiger partial charge in [-0.2, -0.15) is 0 Å². The molecule has 0 fully saturated rings. The van der Waals surface area contributed by atoms with E-state index in [1.807, 2.05) is 42.5 Å². The zero-order valence-corrected chi connectivity index (χ0v) is 12.0. The molecule has 96 valence electrons. The molecule has 3 heteroatoms. The summed E-state index contributed by atoms with van der Waals surface area (Å²) >= 11 is 3.42. The van der Waals surface area contributed by atoms with Gasteiger partial charge in [0.2, 0.25) is 0 Å². The number of amides is 1. The van der Waals surface area contributed by atoms with E-state index in [9.17, 15) is 4.79 Å². The third kappa shape index (κ3) is 3.80. The van der Waals surface area contributed by atoms with Gasteiger partial charge in [-0.1, -0.05) is 52.8 Å². The Labute approximate surface area is 121 Å². The highest BCUT2D eigenvalue weighted by Crippen LogP contribution is 2.17. The van der Waals surface area contributed by atoms with E-state index in [1.54, 1.807) is 12.1 Å². The fraction of sp³-hybridized carbons (Fsp3) is 0.0625. The topological polar surface area (TPSA) is 29.1 Å². The average molecular weight is 316 g/mol. The summed E-state index contributed by atoms with van der Waals surface area (Å²) in [6.45, 7) is 4.43. The number of rotatable bonds is 4. The van der Waals surface area contributed by atoms with Crippen LogP contribution in [0.5, 0.6) is 0 Å². The van der Waals surface area contributed by atoms with E-state index in [0.717, 1.165) is 15.6 Å². The molecule has 2 aromatic carbocycles. The predicted molar refractivity (Wildman–Crippen MR) is 82.0 cm³/mol. The van der Waals surface area contributed by atoms with Crippen LogP contribution in [0.1, 0.15) is 15.9 Å². The Bertz CT molecular complexity index is 593. The van der Waals surface area contributed by atoms with Gasteiger partial charge in [-0.15, -0.1) is 0 Å². The molecule has 2 aromatic rings. The van der Waals surface area contributed by atoms with Crippen molar-refractivity contribution in [3.8, 4) is 0 Å². The fourth-order valence-electron chi connectivity index (χ4n) is 1.69. The van der Waals surface area contributed by atoms with Gasteiger partial charge in [0.05, 0.1) is 0 Å². The molecule has 19 heavy (non-hydrogen) atoms. The van der Waals surface area contributed by atoms with E-state index in [1.165, 1.54) is 0 Å². The molecule has 0 aromatic heterocycles. The number of carbonyl (C=O) groups excluding carboxylic acids is 1. The number of hydrogen-bond acceptors (Lipinski definition) is 1. The molecule has 0 aliphatic carbocycles. The summed E-state index contributed by atoms with van der Waals surface area (Å²) < 4.78 is 1.00. The molecule has 0 aliphatic heterocycles. The quantitative estimate of drug-likeness (QED) is 0.911. The fourth-order valence-corrected chi connectivity index (χ4v) is 2.09. The molecular weight excluding hydrogens is 302 g/mol. The number of halogens is 1. The van der Waals surface area contributed by atoms with E-state index in [-0.39, 0.29) is 5.91 Å². The number of hydrogen-bond donors (Lipinski definition) is 1. The highest BCUT2D eigenvalue weighted by Gasteiger charge is 2.05. The van der Waals surface area contributed by atoms with Crippen LogP contribution in [0, 0.1) is 0 Å². The largest absolute Gasteiger partial charge is 0.348 e. The third-order valence-electron chi connectivity index (χ3n) is 2.73. The first-order valence-electron chi connectivity index (χ1n) is 5.94. The molecule has 0 heterocycles. The van der Waals surface area contributed by atoms with Gasteiger partial charge in [0.15, 0.2) is 0 Å². The van der Waals surface area contributed by atoms with Gasteiger partial charge < -0.3 is 5.32 Å². The van der Waals surface area contributed by atoms with Crippen LogP contribution in [0.2, 0.25) is 0 Å². The molecule has 0 spiro atoms. The van der Waals surface area contributed by atoms with E-state index in [0.29, 0.717) is 12.1 Å². The van der Waals surface area contributed by atoms with Crippen LogP contribution in [0.3, 0.4) is 0 Å². The lowest BCUT2D eigenvalue weighted by Crippen LogP contribution is -2.24. The van der Waals surface area contributed by atoms with E-state index in [2.05, 4.69) is 27.8 Å². The second-order valence-electron chi connectivity index (χ2n) is 4.16. The third-order valence-corrected chi connectivity index (χ3v) is 3.22. The van der Waals surface area contributed by atoms with Crippen molar-refractivity contribution < 1.29 is 4.79 Å². The molecule has 0 saturated heterocycles. The molecule has 2 nitrogen and oxygen atoms in total. The van der Waals surface area contributed by atoms with Gasteiger partial charge in [-0.25, -0.2) is 0 Å². The number of carbonyl (C=O) groups is 1. The summed E-state index contributed by atoms with van der Waals surface area (Å²) in [5.41, 5.74) is 2.55. The van der Waals surface area contributed by atoms with E-state index < -0.39 is 0 Å². The second kappa shape index (κ2) is 6.34. The standard InChI is InChI=1S/C16H14BrNO/c1-12(14-8-5-9-15(17)10-14)11-18-16(19)13-6-3-2-4-7-13/h2-10H,1,11H2,(H,18,19). The second-order valence-corrected chi connectivity index (χ2v) is 5.08. The normalized spacial score (nSPS) is 9.95. The van der Waals surface area contributed by atoms with Crippen LogP contribution in [0.25, 0.3) is 5.57 Å². The van der Waals surface area contributed by atoms with Crippen molar-refractivity contribution in [2.24, 2.45) is 0 Å². The molecule has 0 bridgehead atoms.